The number of aryl methyl sites for hydroxylation is 1. The Balaban J connectivity index is 1.75. The number of anilines is 1. The fraction of sp³-hybridized carbons (Fsp3) is 0.438. The van der Waals surface area contributed by atoms with Gasteiger partial charge in [-0.3, -0.25) is 4.79 Å². The number of esters is 1. The van der Waals surface area contributed by atoms with Crippen LogP contribution in [-0.4, -0.2) is 23.5 Å². The van der Waals surface area contributed by atoms with E-state index in [4.69, 9.17) is 9.15 Å². The summed E-state index contributed by atoms with van der Waals surface area (Å²) in [6.07, 6.45) is 3.01. The molecule has 23 heavy (non-hydrogen) atoms. The number of rotatable bonds is 5. The van der Waals surface area contributed by atoms with Crippen molar-refractivity contribution in [3.05, 3.63) is 23.6 Å². The van der Waals surface area contributed by atoms with Crippen LogP contribution in [0.3, 0.4) is 0 Å². The number of nitrogens with one attached hydrogen (secondary N) is 1. The third-order valence-corrected chi connectivity index (χ3v) is 4.90. The van der Waals surface area contributed by atoms with Gasteiger partial charge in [-0.25, -0.2) is 9.78 Å². The van der Waals surface area contributed by atoms with Crippen molar-refractivity contribution in [2.45, 2.75) is 33.1 Å². The molecule has 3 rings (SSSR count). The summed E-state index contributed by atoms with van der Waals surface area (Å²) in [7, 11) is 0. The Hall–Kier alpha value is -2.15. The summed E-state index contributed by atoms with van der Waals surface area (Å²) < 4.78 is 10.5. The maximum Gasteiger partial charge on any atom is 0.374 e. The molecule has 1 saturated carbocycles. The van der Waals surface area contributed by atoms with Crippen LogP contribution in [0.2, 0.25) is 0 Å². The van der Waals surface area contributed by atoms with Crippen LogP contribution in [0.15, 0.2) is 16.5 Å². The van der Waals surface area contributed by atoms with Crippen molar-refractivity contribution in [3.63, 3.8) is 0 Å². The lowest BCUT2D eigenvalue weighted by molar-refractivity contribution is -0.122. The molecule has 1 amide bonds. The predicted octanol–water partition coefficient (Wildman–Crippen LogP) is 3.63. The number of hydrogen-bond acceptors (Lipinski definition) is 6. The Kier molecular flexibility index (Phi) is 4.47. The molecule has 2 aromatic rings. The van der Waals surface area contributed by atoms with E-state index in [-0.39, 0.29) is 17.6 Å². The summed E-state index contributed by atoms with van der Waals surface area (Å²) in [6.45, 7) is 3.88. The second-order valence-electron chi connectivity index (χ2n) is 5.43. The number of carbonyl (C=O) groups excluding carboxylic acids is 2. The van der Waals surface area contributed by atoms with E-state index in [0.29, 0.717) is 17.5 Å². The standard InChI is InChI=1S/C16H18N2O4S/c1-3-21-15(20)12-8-7-11(22-12)13-9(2)17-16(23-13)18-14(19)10-5-4-6-10/h7-8,10H,3-6H2,1-2H3,(H,17,18,19). The average molecular weight is 334 g/mol. The summed E-state index contributed by atoms with van der Waals surface area (Å²) in [4.78, 5) is 28.8. The fourth-order valence-electron chi connectivity index (χ4n) is 2.33. The number of hydrogen-bond donors (Lipinski definition) is 1. The van der Waals surface area contributed by atoms with Gasteiger partial charge in [0.1, 0.15) is 5.76 Å². The molecule has 1 aliphatic carbocycles. The third-order valence-electron chi connectivity index (χ3n) is 3.81. The van der Waals surface area contributed by atoms with Crippen molar-refractivity contribution < 1.29 is 18.7 Å². The van der Waals surface area contributed by atoms with Gasteiger partial charge >= 0.3 is 5.97 Å². The second kappa shape index (κ2) is 6.54. The van der Waals surface area contributed by atoms with Crippen LogP contribution in [0.1, 0.15) is 42.4 Å². The highest BCUT2D eigenvalue weighted by Gasteiger charge is 2.26. The summed E-state index contributed by atoms with van der Waals surface area (Å²) in [5.74, 6) is 0.367. The fourth-order valence-corrected chi connectivity index (χ4v) is 3.26. The molecule has 1 N–H and O–H groups in total. The number of nitrogens with zero attached hydrogens (tertiary/aromatic N) is 1. The maximum absolute atomic E-state index is 12.0. The molecule has 0 aromatic carbocycles. The van der Waals surface area contributed by atoms with E-state index in [2.05, 4.69) is 10.3 Å². The zero-order valence-corrected chi connectivity index (χ0v) is 13.9. The molecule has 0 radical (unpaired) electrons. The van der Waals surface area contributed by atoms with Crippen molar-refractivity contribution in [1.82, 2.24) is 4.98 Å². The van der Waals surface area contributed by atoms with Crippen molar-refractivity contribution >= 4 is 28.3 Å². The highest BCUT2D eigenvalue weighted by atomic mass is 32.1. The number of amides is 1. The zero-order chi connectivity index (χ0) is 16.4. The smallest absolute Gasteiger partial charge is 0.374 e. The topological polar surface area (TPSA) is 81.4 Å². The van der Waals surface area contributed by atoms with E-state index in [1.807, 2.05) is 6.92 Å². The Morgan fingerprint density at radius 3 is 2.87 bits per heavy atom. The zero-order valence-electron chi connectivity index (χ0n) is 13.0. The van der Waals surface area contributed by atoms with Crippen LogP contribution in [-0.2, 0) is 9.53 Å². The van der Waals surface area contributed by atoms with Crippen molar-refractivity contribution in [1.29, 1.82) is 0 Å². The highest BCUT2D eigenvalue weighted by Crippen LogP contribution is 2.35. The van der Waals surface area contributed by atoms with Gasteiger partial charge in [-0.05, 0) is 38.8 Å². The van der Waals surface area contributed by atoms with Gasteiger partial charge in [0.2, 0.25) is 11.7 Å². The molecule has 0 aliphatic heterocycles. The molecule has 1 aliphatic rings. The van der Waals surface area contributed by atoms with Crippen LogP contribution >= 0.6 is 11.3 Å². The van der Waals surface area contributed by atoms with E-state index in [9.17, 15) is 9.59 Å². The van der Waals surface area contributed by atoms with Gasteiger partial charge in [0.05, 0.1) is 17.2 Å². The molecule has 7 heteroatoms. The number of ether oxygens (including phenoxy) is 1. The van der Waals surface area contributed by atoms with Gasteiger partial charge in [0.25, 0.3) is 0 Å². The molecule has 0 atom stereocenters. The second-order valence-corrected chi connectivity index (χ2v) is 6.43. The van der Waals surface area contributed by atoms with Crippen molar-refractivity contribution in [2.24, 2.45) is 5.92 Å². The van der Waals surface area contributed by atoms with Crippen LogP contribution in [0.4, 0.5) is 5.13 Å². The minimum Gasteiger partial charge on any atom is -0.460 e. The first-order valence-electron chi connectivity index (χ1n) is 7.64. The Bertz CT molecular complexity index is 730. The third kappa shape index (κ3) is 3.29. The minimum absolute atomic E-state index is 0.0307. The average Bonchev–Trinajstić information content (AvgIpc) is 3.03. The first-order valence-corrected chi connectivity index (χ1v) is 8.45. The highest BCUT2D eigenvalue weighted by molar-refractivity contribution is 7.19. The van der Waals surface area contributed by atoms with Crippen LogP contribution < -0.4 is 5.32 Å². The summed E-state index contributed by atoms with van der Waals surface area (Å²) in [5.41, 5.74) is 0.753. The Labute approximate surface area is 137 Å². The van der Waals surface area contributed by atoms with Crippen LogP contribution in [0.25, 0.3) is 10.6 Å². The number of thiazole rings is 1. The normalized spacial score (nSPS) is 14.3. The molecule has 6 nitrogen and oxygen atoms in total. The first kappa shape index (κ1) is 15.7. The maximum atomic E-state index is 12.0. The quantitative estimate of drug-likeness (QED) is 0.845. The lowest BCUT2D eigenvalue weighted by Crippen LogP contribution is -2.27. The van der Waals surface area contributed by atoms with Crippen LogP contribution in [0.5, 0.6) is 0 Å². The summed E-state index contributed by atoms with van der Waals surface area (Å²) >= 11 is 1.34. The van der Waals surface area contributed by atoms with Crippen LogP contribution in [0, 0.1) is 12.8 Å². The number of carbonyl (C=O) groups is 2. The van der Waals surface area contributed by atoms with E-state index in [1.165, 1.54) is 11.3 Å². The van der Waals surface area contributed by atoms with Gasteiger partial charge in [0.15, 0.2) is 5.13 Å². The molecule has 0 spiro atoms. The van der Waals surface area contributed by atoms with Gasteiger partial charge in [-0.1, -0.05) is 17.8 Å². The van der Waals surface area contributed by atoms with Gasteiger partial charge < -0.3 is 14.5 Å². The Morgan fingerprint density at radius 1 is 1.43 bits per heavy atom. The minimum atomic E-state index is -0.487. The molecule has 0 saturated heterocycles. The predicted molar refractivity (Wildman–Crippen MR) is 86.5 cm³/mol. The van der Waals surface area contributed by atoms with E-state index in [0.717, 1.165) is 29.8 Å². The van der Waals surface area contributed by atoms with E-state index in [1.54, 1.807) is 19.1 Å². The molecule has 2 aromatic heterocycles. The number of furan rings is 1. The molecule has 1 fully saturated rings. The SMILES string of the molecule is CCOC(=O)c1ccc(-c2sc(NC(=O)C3CCC3)nc2C)o1. The van der Waals surface area contributed by atoms with Crippen molar-refractivity contribution in [3.8, 4) is 10.6 Å². The Morgan fingerprint density at radius 2 is 2.22 bits per heavy atom. The molecule has 122 valence electrons. The molecule has 0 unspecified atom stereocenters. The molecule has 2 heterocycles. The largest absolute Gasteiger partial charge is 0.460 e. The van der Waals surface area contributed by atoms with Gasteiger partial charge in [-0.15, -0.1) is 0 Å². The lowest BCUT2D eigenvalue weighted by atomic mass is 9.85. The first-order chi connectivity index (χ1) is 11.1. The monoisotopic (exact) mass is 334 g/mol. The van der Waals surface area contributed by atoms with E-state index >= 15 is 0 Å². The van der Waals surface area contributed by atoms with E-state index < -0.39 is 5.97 Å². The molecular weight excluding hydrogens is 316 g/mol. The molecular formula is C16H18N2O4S. The van der Waals surface area contributed by atoms with Gasteiger partial charge in [0, 0.05) is 5.92 Å². The number of aromatic nitrogens is 1. The summed E-state index contributed by atoms with van der Waals surface area (Å²) in [6, 6.07) is 3.30. The van der Waals surface area contributed by atoms with Crippen molar-refractivity contribution in [2.75, 3.05) is 11.9 Å². The van der Waals surface area contributed by atoms with Gasteiger partial charge in [-0.2, -0.15) is 0 Å². The summed E-state index contributed by atoms with van der Waals surface area (Å²) in [5, 5.41) is 3.42. The lowest BCUT2D eigenvalue weighted by Gasteiger charge is -2.23. The molecule has 0 bridgehead atoms.